The zero-order valence-electron chi connectivity index (χ0n) is 18.5. The van der Waals surface area contributed by atoms with E-state index in [1.807, 2.05) is 18.2 Å². The fraction of sp³-hybridized carbons (Fsp3) is 0.296. The van der Waals surface area contributed by atoms with Gasteiger partial charge >= 0.3 is 0 Å². The number of piperidine rings is 1. The van der Waals surface area contributed by atoms with Gasteiger partial charge in [-0.3, -0.25) is 4.79 Å². The van der Waals surface area contributed by atoms with Gasteiger partial charge in [-0.2, -0.15) is 0 Å². The van der Waals surface area contributed by atoms with Gasteiger partial charge in [-0.25, -0.2) is 0 Å². The standard InChI is InChI=1S/C27H28N2O2S/c1-17(30)29-23-8-4-3-6-20(23)19-10-11-21-25(16-19)32-27-22(7-5-9-24(27)31-2)26(21)18-12-14-28-15-13-18/h3-11,16,18,26,28H,12-15H2,1-2H3,(H,29,30). The first-order valence-corrected chi connectivity index (χ1v) is 12.0. The molecule has 32 heavy (non-hydrogen) atoms. The number of hydrogen-bond donors (Lipinski definition) is 2. The van der Waals surface area contributed by atoms with E-state index < -0.39 is 0 Å². The molecule has 0 aromatic heterocycles. The van der Waals surface area contributed by atoms with Gasteiger partial charge in [0.05, 0.1) is 12.0 Å². The molecule has 2 aliphatic heterocycles. The predicted molar refractivity (Wildman–Crippen MR) is 131 cm³/mol. The zero-order chi connectivity index (χ0) is 22.1. The molecule has 0 aliphatic carbocycles. The largest absolute Gasteiger partial charge is 0.496 e. The summed E-state index contributed by atoms with van der Waals surface area (Å²) in [6, 6.07) is 21.3. The van der Waals surface area contributed by atoms with Crippen LogP contribution in [0.4, 0.5) is 5.69 Å². The lowest BCUT2D eigenvalue weighted by atomic mass is 9.75. The maximum atomic E-state index is 11.7. The van der Waals surface area contributed by atoms with E-state index in [1.165, 1.54) is 33.8 Å². The number of rotatable bonds is 4. The highest BCUT2D eigenvalue weighted by Gasteiger charge is 2.34. The van der Waals surface area contributed by atoms with Gasteiger partial charge in [-0.1, -0.05) is 54.2 Å². The molecule has 3 aromatic carbocycles. The summed E-state index contributed by atoms with van der Waals surface area (Å²) >= 11 is 1.80. The summed E-state index contributed by atoms with van der Waals surface area (Å²) in [5.41, 5.74) is 5.79. The Morgan fingerprint density at radius 2 is 1.84 bits per heavy atom. The van der Waals surface area contributed by atoms with E-state index in [0.29, 0.717) is 11.8 Å². The van der Waals surface area contributed by atoms with Crippen LogP contribution in [0, 0.1) is 5.92 Å². The molecule has 164 valence electrons. The second-order valence-corrected chi connectivity index (χ2v) is 9.58. The highest BCUT2D eigenvalue weighted by molar-refractivity contribution is 7.99. The van der Waals surface area contributed by atoms with E-state index in [2.05, 4.69) is 53.1 Å². The fourth-order valence-electron chi connectivity index (χ4n) is 5.09. The number of carbonyl (C=O) groups is 1. The molecule has 1 atom stereocenters. The average Bonchev–Trinajstić information content (AvgIpc) is 2.82. The van der Waals surface area contributed by atoms with Crippen LogP contribution < -0.4 is 15.4 Å². The maximum Gasteiger partial charge on any atom is 0.221 e. The van der Waals surface area contributed by atoms with Crippen molar-refractivity contribution in [3.63, 3.8) is 0 Å². The summed E-state index contributed by atoms with van der Waals surface area (Å²) in [6.45, 7) is 3.70. The van der Waals surface area contributed by atoms with Gasteiger partial charge in [0.2, 0.25) is 5.91 Å². The average molecular weight is 445 g/mol. The summed E-state index contributed by atoms with van der Waals surface area (Å²) in [5, 5.41) is 6.49. The van der Waals surface area contributed by atoms with E-state index in [4.69, 9.17) is 4.74 Å². The number of ether oxygens (including phenoxy) is 1. The van der Waals surface area contributed by atoms with Gasteiger partial charge in [0.15, 0.2) is 0 Å². The quantitative estimate of drug-likeness (QED) is 0.525. The molecule has 2 heterocycles. The Bertz CT molecular complexity index is 1150. The number of anilines is 1. The molecule has 0 radical (unpaired) electrons. The number of para-hydroxylation sites is 1. The van der Waals surface area contributed by atoms with E-state index in [1.54, 1.807) is 25.8 Å². The third-order valence-corrected chi connectivity index (χ3v) is 7.74. The SMILES string of the molecule is COc1cccc2c1Sc1cc(-c3ccccc3NC(C)=O)ccc1C2C1CCNCC1. The van der Waals surface area contributed by atoms with Crippen LogP contribution >= 0.6 is 11.8 Å². The third-order valence-electron chi connectivity index (χ3n) is 6.53. The molecular weight excluding hydrogens is 416 g/mol. The lowest BCUT2D eigenvalue weighted by molar-refractivity contribution is -0.114. The molecule has 5 rings (SSSR count). The Labute approximate surface area is 193 Å². The summed E-state index contributed by atoms with van der Waals surface area (Å²) in [5.74, 6) is 1.87. The lowest BCUT2D eigenvalue weighted by Crippen LogP contribution is -2.32. The van der Waals surface area contributed by atoms with Crippen molar-refractivity contribution in [1.82, 2.24) is 5.32 Å². The molecule has 1 unspecified atom stereocenters. The number of methoxy groups -OCH3 is 1. The summed E-state index contributed by atoms with van der Waals surface area (Å²) < 4.78 is 5.76. The number of carbonyl (C=O) groups excluding carboxylic acids is 1. The molecule has 1 fully saturated rings. The van der Waals surface area contributed by atoms with Crippen LogP contribution in [0.2, 0.25) is 0 Å². The Kier molecular flexibility index (Phi) is 5.94. The van der Waals surface area contributed by atoms with Gasteiger partial charge in [0.1, 0.15) is 5.75 Å². The van der Waals surface area contributed by atoms with Crippen LogP contribution in [0.3, 0.4) is 0 Å². The lowest BCUT2D eigenvalue weighted by Gasteiger charge is -2.36. The van der Waals surface area contributed by atoms with Crippen LogP contribution in [0.25, 0.3) is 11.1 Å². The van der Waals surface area contributed by atoms with Crippen molar-refractivity contribution >= 4 is 23.4 Å². The second-order valence-electron chi connectivity index (χ2n) is 8.53. The Morgan fingerprint density at radius 1 is 1.03 bits per heavy atom. The van der Waals surface area contributed by atoms with Gasteiger partial charge < -0.3 is 15.4 Å². The summed E-state index contributed by atoms with van der Waals surface area (Å²) in [7, 11) is 1.76. The van der Waals surface area contributed by atoms with Gasteiger partial charge in [0.25, 0.3) is 0 Å². The summed E-state index contributed by atoms with van der Waals surface area (Å²) in [6.07, 6.45) is 2.36. The maximum absolute atomic E-state index is 11.7. The number of benzene rings is 3. The molecule has 0 saturated carbocycles. The molecular formula is C27H28N2O2S. The third kappa shape index (κ3) is 3.91. The molecule has 3 aromatic rings. The van der Waals surface area contributed by atoms with Crippen molar-refractivity contribution in [2.45, 2.75) is 35.5 Å². The van der Waals surface area contributed by atoms with E-state index in [-0.39, 0.29) is 5.91 Å². The van der Waals surface area contributed by atoms with Crippen molar-refractivity contribution in [2.75, 3.05) is 25.5 Å². The van der Waals surface area contributed by atoms with E-state index >= 15 is 0 Å². The van der Waals surface area contributed by atoms with Gasteiger partial charge in [0, 0.05) is 29.0 Å². The van der Waals surface area contributed by atoms with Crippen molar-refractivity contribution in [1.29, 1.82) is 0 Å². The monoisotopic (exact) mass is 444 g/mol. The highest BCUT2D eigenvalue weighted by Crippen LogP contribution is 2.53. The normalized spacial score (nSPS) is 17.9. The van der Waals surface area contributed by atoms with Crippen molar-refractivity contribution < 1.29 is 9.53 Å². The van der Waals surface area contributed by atoms with Crippen LogP contribution in [0.15, 0.2) is 70.5 Å². The Balaban J connectivity index is 1.62. The minimum absolute atomic E-state index is 0.0607. The number of fused-ring (bicyclic) bond motifs is 2. The van der Waals surface area contributed by atoms with Crippen LogP contribution in [0.1, 0.15) is 36.8 Å². The summed E-state index contributed by atoms with van der Waals surface area (Å²) in [4.78, 5) is 14.2. The molecule has 1 saturated heterocycles. The minimum Gasteiger partial charge on any atom is -0.496 e. The topological polar surface area (TPSA) is 50.4 Å². The van der Waals surface area contributed by atoms with Crippen LogP contribution in [-0.4, -0.2) is 26.1 Å². The number of amides is 1. The minimum atomic E-state index is -0.0607. The molecule has 2 aliphatic rings. The van der Waals surface area contributed by atoms with Crippen molar-refractivity contribution in [3.05, 3.63) is 71.8 Å². The molecule has 2 N–H and O–H groups in total. The van der Waals surface area contributed by atoms with E-state index in [0.717, 1.165) is 35.7 Å². The van der Waals surface area contributed by atoms with Gasteiger partial charge in [-0.05, 0) is 66.7 Å². The molecule has 0 spiro atoms. The Hall–Kier alpha value is -2.76. The Morgan fingerprint density at radius 3 is 2.62 bits per heavy atom. The van der Waals surface area contributed by atoms with Crippen LogP contribution in [-0.2, 0) is 4.79 Å². The fourth-order valence-corrected chi connectivity index (χ4v) is 6.37. The first-order valence-electron chi connectivity index (χ1n) is 11.2. The van der Waals surface area contributed by atoms with E-state index in [9.17, 15) is 4.79 Å². The molecule has 0 bridgehead atoms. The second kappa shape index (κ2) is 9.00. The first kappa shape index (κ1) is 21.1. The number of hydrogen-bond acceptors (Lipinski definition) is 4. The molecule has 1 amide bonds. The van der Waals surface area contributed by atoms with Crippen molar-refractivity contribution in [3.8, 4) is 16.9 Å². The highest BCUT2D eigenvalue weighted by atomic mass is 32.2. The first-order chi connectivity index (χ1) is 15.7. The van der Waals surface area contributed by atoms with Gasteiger partial charge in [-0.15, -0.1) is 0 Å². The molecule has 4 nitrogen and oxygen atoms in total. The van der Waals surface area contributed by atoms with Crippen LogP contribution in [0.5, 0.6) is 5.75 Å². The predicted octanol–water partition coefficient (Wildman–Crippen LogP) is 5.92. The molecule has 5 heteroatoms. The number of nitrogens with one attached hydrogen (secondary N) is 2. The van der Waals surface area contributed by atoms with Crippen molar-refractivity contribution in [2.24, 2.45) is 5.92 Å². The zero-order valence-corrected chi connectivity index (χ0v) is 19.3. The smallest absolute Gasteiger partial charge is 0.221 e.